The molecule has 0 fully saturated rings. The fourth-order valence-corrected chi connectivity index (χ4v) is 3.98. The molecule has 0 saturated carbocycles. The first-order valence-corrected chi connectivity index (χ1v) is 10.7. The summed E-state index contributed by atoms with van der Waals surface area (Å²) in [6.07, 6.45) is 4.39. The molecule has 0 spiro atoms. The normalized spacial score (nSPS) is 11.8. The van der Waals surface area contributed by atoms with Gasteiger partial charge in [-0.25, -0.2) is 4.39 Å². The molecule has 0 amide bonds. The fourth-order valence-electron chi connectivity index (χ4n) is 3.98. The summed E-state index contributed by atoms with van der Waals surface area (Å²) in [7, 11) is 3.25. The molecule has 0 radical (unpaired) electrons. The van der Waals surface area contributed by atoms with Crippen LogP contribution in [0, 0.1) is 5.82 Å². The molecule has 0 unspecified atom stereocenters. The molecule has 3 aromatic carbocycles. The van der Waals surface area contributed by atoms with Gasteiger partial charge in [-0.2, -0.15) is 0 Å². The van der Waals surface area contributed by atoms with Gasteiger partial charge >= 0.3 is 0 Å². The van der Waals surface area contributed by atoms with E-state index in [4.69, 9.17) is 9.47 Å². The third-order valence-electron chi connectivity index (χ3n) is 5.76. The Bertz CT molecular complexity index is 1370. The highest BCUT2D eigenvalue weighted by Crippen LogP contribution is 2.27. The van der Waals surface area contributed by atoms with Crippen LogP contribution in [-0.4, -0.2) is 31.4 Å². The summed E-state index contributed by atoms with van der Waals surface area (Å²) in [6.45, 7) is 0.505. The lowest BCUT2D eigenvalue weighted by molar-refractivity contribution is -0.104. The quantitative estimate of drug-likeness (QED) is 0.360. The molecule has 5 nitrogen and oxygen atoms in total. The Kier molecular flexibility index (Phi) is 6.87. The van der Waals surface area contributed by atoms with Gasteiger partial charge in [-0.05, 0) is 70.8 Å². The van der Waals surface area contributed by atoms with E-state index in [1.54, 1.807) is 26.4 Å². The van der Waals surface area contributed by atoms with Crippen molar-refractivity contribution in [3.05, 3.63) is 101 Å². The number of ether oxygens (including phenoxy) is 2. The van der Waals surface area contributed by atoms with Crippen LogP contribution in [0.2, 0.25) is 0 Å². The molecule has 0 atom stereocenters. The Labute approximate surface area is 197 Å². The van der Waals surface area contributed by atoms with Crippen molar-refractivity contribution < 1.29 is 23.5 Å². The van der Waals surface area contributed by atoms with Gasteiger partial charge < -0.3 is 14.0 Å². The number of carbonyl (C=O) groups excluding carboxylic acids is 2. The fraction of sp³-hybridized carbons (Fsp3) is 0.143. The maximum absolute atomic E-state index is 13.0. The Morgan fingerprint density at radius 3 is 2.26 bits per heavy atom. The van der Waals surface area contributed by atoms with Crippen molar-refractivity contribution in [2.24, 2.45) is 0 Å². The average molecular weight is 458 g/mol. The number of carbonyl (C=O) groups is 2. The highest BCUT2D eigenvalue weighted by molar-refractivity contribution is 5.90. The van der Waals surface area contributed by atoms with Crippen molar-refractivity contribution in [2.45, 2.75) is 13.0 Å². The van der Waals surface area contributed by atoms with Crippen LogP contribution in [0.15, 0.2) is 72.3 Å². The summed E-state index contributed by atoms with van der Waals surface area (Å²) in [4.78, 5) is 21.8. The number of nitrogens with zero attached hydrogens (tertiary/aromatic N) is 1. The van der Waals surface area contributed by atoms with Crippen molar-refractivity contribution in [1.82, 2.24) is 4.57 Å². The van der Waals surface area contributed by atoms with E-state index in [0.29, 0.717) is 12.2 Å². The number of hydrogen-bond donors (Lipinski definition) is 0. The molecule has 0 N–H and O–H groups in total. The predicted molar refractivity (Wildman–Crippen MR) is 130 cm³/mol. The smallest absolute Gasteiger partial charge is 0.166 e. The van der Waals surface area contributed by atoms with Gasteiger partial charge in [-0.3, -0.25) is 9.59 Å². The van der Waals surface area contributed by atoms with Gasteiger partial charge in [-0.15, -0.1) is 0 Å². The van der Waals surface area contributed by atoms with E-state index in [1.165, 1.54) is 17.7 Å². The van der Waals surface area contributed by atoms with Gasteiger partial charge in [-0.1, -0.05) is 18.2 Å². The van der Waals surface area contributed by atoms with Crippen LogP contribution in [0.5, 0.6) is 11.5 Å². The van der Waals surface area contributed by atoms with Crippen molar-refractivity contribution >= 4 is 29.6 Å². The molecule has 4 aromatic rings. The largest absolute Gasteiger partial charge is 0.497 e. The van der Waals surface area contributed by atoms with Crippen LogP contribution < -0.4 is 9.47 Å². The first-order chi connectivity index (χ1) is 16.5. The zero-order valence-electron chi connectivity index (χ0n) is 19.0. The second-order valence-electron chi connectivity index (χ2n) is 7.90. The minimum atomic E-state index is -0.270. The second-order valence-corrected chi connectivity index (χ2v) is 7.90. The van der Waals surface area contributed by atoms with E-state index >= 15 is 0 Å². The summed E-state index contributed by atoms with van der Waals surface area (Å²) in [5.41, 5.74) is 5.57. The minimum Gasteiger partial charge on any atom is -0.497 e. The Hall–Kier alpha value is -4.19. The van der Waals surface area contributed by atoms with Gasteiger partial charge in [0, 0.05) is 24.4 Å². The summed E-state index contributed by atoms with van der Waals surface area (Å²) >= 11 is 0. The van der Waals surface area contributed by atoms with Gasteiger partial charge in [0.2, 0.25) is 0 Å². The average Bonchev–Trinajstić information content (AvgIpc) is 3.45. The molecule has 0 saturated heterocycles. The number of fused-ring (bicyclic) bond motifs is 2. The number of aldehydes is 2. The summed E-state index contributed by atoms with van der Waals surface area (Å²) in [5, 5.41) is 0.972. The maximum atomic E-state index is 13.0. The Balaban J connectivity index is 0.000000180. The van der Waals surface area contributed by atoms with Crippen LogP contribution in [0.4, 0.5) is 4.39 Å². The zero-order valence-corrected chi connectivity index (χ0v) is 19.0. The van der Waals surface area contributed by atoms with E-state index in [9.17, 15) is 14.0 Å². The van der Waals surface area contributed by atoms with E-state index in [1.807, 2.05) is 53.1 Å². The first-order valence-electron chi connectivity index (χ1n) is 10.7. The molecule has 0 aliphatic heterocycles. The molecule has 0 bridgehead atoms. The minimum absolute atomic E-state index is 0.270. The SMILES string of the molecule is COc1ccc2c(c1)CC(C=O)=C2.COc1ccc2cc(C=O)n(Cc3ccc(F)cc3)c2c1. The molecule has 1 heterocycles. The van der Waals surface area contributed by atoms with E-state index in [0.717, 1.165) is 58.1 Å². The zero-order chi connectivity index (χ0) is 24.1. The highest BCUT2D eigenvalue weighted by Gasteiger charge is 2.12. The van der Waals surface area contributed by atoms with E-state index < -0.39 is 0 Å². The van der Waals surface area contributed by atoms with Crippen molar-refractivity contribution in [2.75, 3.05) is 14.2 Å². The lowest BCUT2D eigenvalue weighted by atomic mass is 10.1. The molecule has 1 aromatic heterocycles. The van der Waals surface area contributed by atoms with E-state index in [-0.39, 0.29) is 5.82 Å². The van der Waals surface area contributed by atoms with Gasteiger partial charge in [0.25, 0.3) is 0 Å². The molecular weight excluding hydrogens is 433 g/mol. The number of benzene rings is 3. The Morgan fingerprint density at radius 1 is 0.882 bits per heavy atom. The maximum Gasteiger partial charge on any atom is 0.166 e. The van der Waals surface area contributed by atoms with Crippen LogP contribution in [0.3, 0.4) is 0 Å². The van der Waals surface area contributed by atoms with Gasteiger partial charge in [0.05, 0.1) is 25.4 Å². The number of hydrogen-bond acceptors (Lipinski definition) is 4. The lowest BCUT2D eigenvalue weighted by Crippen LogP contribution is -2.03. The topological polar surface area (TPSA) is 57.5 Å². The van der Waals surface area contributed by atoms with Crippen molar-refractivity contribution in [1.29, 1.82) is 0 Å². The lowest BCUT2D eigenvalue weighted by Gasteiger charge is -2.09. The molecular formula is C28H24FNO4. The molecule has 6 heteroatoms. The van der Waals surface area contributed by atoms with Crippen LogP contribution in [0.1, 0.15) is 27.2 Å². The molecule has 5 rings (SSSR count). The third kappa shape index (κ3) is 4.91. The summed E-state index contributed by atoms with van der Waals surface area (Å²) < 4.78 is 25.2. The van der Waals surface area contributed by atoms with Crippen molar-refractivity contribution in [3.63, 3.8) is 0 Å². The summed E-state index contributed by atoms with van der Waals surface area (Å²) in [5.74, 6) is 1.31. The number of allylic oxidation sites excluding steroid dienone is 1. The van der Waals surface area contributed by atoms with Gasteiger partial charge in [0.1, 0.15) is 23.6 Å². The van der Waals surface area contributed by atoms with Crippen LogP contribution in [-0.2, 0) is 17.8 Å². The first kappa shape index (κ1) is 23.0. The van der Waals surface area contributed by atoms with Crippen LogP contribution in [0.25, 0.3) is 17.0 Å². The molecule has 1 aliphatic carbocycles. The molecule has 1 aliphatic rings. The standard InChI is InChI=1S/C17H14FNO2.C11H10O2/c1-21-16-7-4-13-8-15(11-20)19(17(13)9-16)10-12-2-5-14(18)6-3-12;1-13-11-3-2-9-4-8(7-12)5-10(9)6-11/h2-9,11H,10H2,1H3;2-4,6-7H,5H2,1H3. The number of aromatic nitrogens is 1. The second kappa shape index (κ2) is 10.2. The molecule has 34 heavy (non-hydrogen) atoms. The third-order valence-corrected chi connectivity index (χ3v) is 5.76. The van der Waals surface area contributed by atoms with E-state index in [2.05, 4.69) is 0 Å². The number of halogens is 1. The van der Waals surface area contributed by atoms with Crippen LogP contribution >= 0.6 is 0 Å². The molecule has 172 valence electrons. The van der Waals surface area contributed by atoms with Gasteiger partial charge in [0.15, 0.2) is 6.29 Å². The summed E-state index contributed by atoms with van der Waals surface area (Å²) in [6, 6.07) is 19.6. The number of methoxy groups -OCH3 is 2. The Morgan fingerprint density at radius 2 is 1.59 bits per heavy atom. The monoisotopic (exact) mass is 457 g/mol. The number of rotatable bonds is 6. The highest BCUT2D eigenvalue weighted by atomic mass is 19.1. The predicted octanol–water partition coefficient (Wildman–Crippen LogP) is 5.48. The van der Waals surface area contributed by atoms with Crippen molar-refractivity contribution in [3.8, 4) is 11.5 Å².